The number of rotatable bonds is 3. The first-order chi connectivity index (χ1) is 13.7. The molecule has 9 nitrogen and oxygen atoms in total. The molecular weight excluding hydrogens is 354 g/mol. The number of nitrogens with two attached hydrogens (primary N) is 1. The lowest BCUT2D eigenvalue weighted by Crippen LogP contribution is -2.27. The first kappa shape index (κ1) is 16.9. The van der Waals surface area contributed by atoms with Gasteiger partial charge in [0.2, 0.25) is 5.82 Å². The Morgan fingerprint density at radius 1 is 1.00 bits per heavy atom. The summed E-state index contributed by atoms with van der Waals surface area (Å²) in [6, 6.07) is 9.81. The van der Waals surface area contributed by atoms with Crippen LogP contribution in [0.4, 0.5) is 0 Å². The van der Waals surface area contributed by atoms with E-state index in [0.29, 0.717) is 23.2 Å². The summed E-state index contributed by atoms with van der Waals surface area (Å²) < 4.78 is 3.56. The molecule has 1 aliphatic rings. The summed E-state index contributed by atoms with van der Waals surface area (Å²) in [5, 5.41) is 17.6. The Labute approximate surface area is 161 Å². The molecule has 9 heteroatoms. The fourth-order valence-corrected chi connectivity index (χ4v) is 3.74. The van der Waals surface area contributed by atoms with E-state index in [2.05, 4.69) is 20.3 Å². The highest BCUT2D eigenvalue weighted by Crippen LogP contribution is 2.33. The lowest BCUT2D eigenvalue weighted by molar-refractivity contribution is 0.380. The molecule has 0 amide bonds. The molecule has 28 heavy (non-hydrogen) atoms. The number of hydrogen-bond donors (Lipinski definition) is 1. The summed E-state index contributed by atoms with van der Waals surface area (Å²) >= 11 is 0. The van der Waals surface area contributed by atoms with E-state index in [-0.39, 0.29) is 6.04 Å². The number of nitrogens with zero attached hydrogens (tertiary/aromatic N) is 8. The van der Waals surface area contributed by atoms with Crippen LogP contribution in [0.2, 0.25) is 0 Å². The molecule has 1 aliphatic carbocycles. The molecule has 2 N–H and O–H groups in total. The molecular formula is C19H21N9. The standard InChI is InChI=1S/C19H21N9/c1-12-23-24-16-9-10-17(25-27(12)16)28-19(13-5-7-14(20)8-6-13)22-18(26-28)15-4-2-3-11-21-15/h2-4,9-11,13-14H,5-8,20H2,1H3. The summed E-state index contributed by atoms with van der Waals surface area (Å²) in [6.45, 7) is 1.88. The van der Waals surface area contributed by atoms with E-state index in [1.165, 1.54) is 0 Å². The predicted molar refractivity (Wildman–Crippen MR) is 103 cm³/mol. The molecule has 4 aromatic rings. The zero-order chi connectivity index (χ0) is 19.1. The van der Waals surface area contributed by atoms with Crippen LogP contribution in [-0.4, -0.2) is 45.6 Å². The molecule has 0 atom stereocenters. The van der Waals surface area contributed by atoms with Gasteiger partial charge in [-0.3, -0.25) is 4.98 Å². The van der Waals surface area contributed by atoms with Gasteiger partial charge in [0, 0.05) is 18.2 Å². The molecule has 0 bridgehead atoms. The summed E-state index contributed by atoms with van der Waals surface area (Å²) in [7, 11) is 0. The molecule has 0 radical (unpaired) electrons. The Balaban J connectivity index is 1.63. The second kappa shape index (κ2) is 6.75. The summed E-state index contributed by atoms with van der Waals surface area (Å²) in [5.41, 5.74) is 7.56. The third-order valence-corrected chi connectivity index (χ3v) is 5.28. The summed E-state index contributed by atoms with van der Waals surface area (Å²) in [5.74, 6) is 3.23. The minimum Gasteiger partial charge on any atom is -0.328 e. The van der Waals surface area contributed by atoms with Crippen molar-refractivity contribution in [1.29, 1.82) is 0 Å². The smallest absolute Gasteiger partial charge is 0.200 e. The zero-order valence-electron chi connectivity index (χ0n) is 15.6. The fourth-order valence-electron chi connectivity index (χ4n) is 3.74. The van der Waals surface area contributed by atoms with Crippen LogP contribution in [0, 0.1) is 6.92 Å². The molecule has 142 valence electrons. The molecule has 0 spiro atoms. The minimum absolute atomic E-state index is 0.275. The van der Waals surface area contributed by atoms with Crippen molar-refractivity contribution in [1.82, 2.24) is 39.6 Å². The maximum Gasteiger partial charge on any atom is 0.200 e. The van der Waals surface area contributed by atoms with Crippen molar-refractivity contribution >= 4 is 5.65 Å². The normalized spacial score (nSPS) is 19.9. The van der Waals surface area contributed by atoms with Crippen molar-refractivity contribution in [3.63, 3.8) is 0 Å². The first-order valence-corrected chi connectivity index (χ1v) is 9.52. The lowest BCUT2D eigenvalue weighted by Gasteiger charge is -2.25. The Morgan fingerprint density at radius 3 is 2.64 bits per heavy atom. The molecule has 0 saturated heterocycles. The molecule has 0 aliphatic heterocycles. The van der Waals surface area contributed by atoms with Crippen LogP contribution in [0.25, 0.3) is 23.0 Å². The highest BCUT2D eigenvalue weighted by atomic mass is 15.4. The third-order valence-electron chi connectivity index (χ3n) is 5.28. The Hall–Kier alpha value is -3.20. The summed E-state index contributed by atoms with van der Waals surface area (Å²) in [4.78, 5) is 9.27. The molecule has 1 fully saturated rings. The molecule has 5 rings (SSSR count). The van der Waals surface area contributed by atoms with Crippen molar-refractivity contribution in [3.05, 3.63) is 48.2 Å². The van der Waals surface area contributed by atoms with Crippen LogP contribution >= 0.6 is 0 Å². The highest BCUT2D eigenvalue weighted by molar-refractivity contribution is 5.49. The number of aromatic nitrogens is 8. The average Bonchev–Trinajstić information content (AvgIpc) is 3.33. The van der Waals surface area contributed by atoms with Gasteiger partial charge in [-0.2, -0.15) is 9.20 Å². The van der Waals surface area contributed by atoms with Crippen molar-refractivity contribution in [3.8, 4) is 17.3 Å². The number of fused-ring (bicyclic) bond motifs is 1. The maximum atomic E-state index is 6.11. The topological polar surface area (TPSA) is 113 Å². The van der Waals surface area contributed by atoms with E-state index in [9.17, 15) is 0 Å². The van der Waals surface area contributed by atoms with Gasteiger partial charge in [0.05, 0.1) is 0 Å². The number of aryl methyl sites for hydroxylation is 1. The van der Waals surface area contributed by atoms with Gasteiger partial charge < -0.3 is 5.73 Å². The molecule has 1 saturated carbocycles. The van der Waals surface area contributed by atoms with Crippen molar-refractivity contribution in [2.45, 2.75) is 44.6 Å². The van der Waals surface area contributed by atoms with Gasteiger partial charge in [-0.25, -0.2) is 4.98 Å². The van der Waals surface area contributed by atoms with Crippen LogP contribution in [0.3, 0.4) is 0 Å². The SMILES string of the molecule is Cc1nnc2ccc(-n3nc(-c4ccccn4)nc3C3CCC(N)CC3)nn12. The van der Waals surface area contributed by atoms with Gasteiger partial charge in [0.25, 0.3) is 0 Å². The van der Waals surface area contributed by atoms with Gasteiger partial charge in [-0.05, 0) is 56.9 Å². The van der Waals surface area contributed by atoms with Gasteiger partial charge in [-0.1, -0.05) is 6.07 Å². The predicted octanol–water partition coefficient (Wildman–Crippen LogP) is 2.06. The van der Waals surface area contributed by atoms with Gasteiger partial charge in [0.15, 0.2) is 17.3 Å². The Morgan fingerprint density at radius 2 is 1.86 bits per heavy atom. The van der Waals surface area contributed by atoms with Crippen LogP contribution in [0.1, 0.15) is 43.3 Å². The van der Waals surface area contributed by atoms with E-state index >= 15 is 0 Å². The van der Waals surface area contributed by atoms with E-state index in [0.717, 1.165) is 43.0 Å². The summed E-state index contributed by atoms with van der Waals surface area (Å²) in [6.07, 6.45) is 5.73. The number of pyridine rings is 1. The minimum atomic E-state index is 0.275. The molecule has 4 aromatic heterocycles. The van der Waals surface area contributed by atoms with Crippen molar-refractivity contribution in [2.75, 3.05) is 0 Å². The maximum absolute atomic E-state index is 6.11. The highest BCUT2D eigenvalue weighted by Gasteiger charge is 2.27. The van der Waals surface area contributed by atoms with E-state index in [1.807, 2.05) is 41.9 Å². The largest absolute Gasteiger partial charge is 0.328 e. The van der Waals surface area contributed by atoms with Crippen LogP contribution in [0.15, 0.2) is 36.5 Å². The second-order valence-electron chi connectivity index (χ2n) is 7.24. The van der Waals surface area contributed by atoms with Crippen molar-refractivity contribution in [2.24, 2.45) is 5.73 Å². The van der Waals surface area contributed by atoms with Crippen molar-refractivity contribution < 1.29 is 0 Å². The van der Waals surface area contributed by atoms with Crippen LogP contribution in [0.5, 0.6) is 0 Å². The van der Waals surface area contributed by atoms with Crippen LogP contribution in [-0.2, 0) is 0 Å². The molecule has 0 unspecified atom stereocenters. The molecule has 4 heterocycles. The second-order valence-corrected chi connectivity index (χ2v) is 7.24. The van der Waals surface area contributed by atoms with E-state index in [1.54, 1.807) is 10.7 Å². The third kappa shape index (κ3) is 2.93. The Bertz CT molecular complexity index is 1110. The monoisotopic (exact) mass is 375 g/mol. The average molecular weight is 375 g/mol. The number of hydrogen-bond acceptors (Lipinski definition) is 7. The molecule has 0 aromatic carbocycles. The first-order valence-electron chi connectivity index (χ1n) is 9.52. The van der Waals surface area contributed by atoms with Gasteiger partial charge >= 0.3 is 0 Å². The fraction of sp³-hybridized carbons (Fsp3) is 0.368. The Kier molecular flexibility index (Phi) is 4.09. The quantitative estimate of drug-likeness (QED) is 0.583. The lowest BCUT2D eigenvalue weighted by atomic mass is 9.86. The van der Waals surface area contributed by atoms with E-state index in [4.69, 9.17) is 15.8 Å². The van der Waals surface area contributed by atoms with Gasteiger partial charge in [0.1, 0.15) is 11.5 Å². The van der Waals surface area contributed by atoms with Crippen LogP contribution < -0.4 is 5.73 Å². The van der Waals surface area contributed by atoms with E-state index < -0.39 is 0 Å². The zero-order valence-corrected chi connectivity index (χ0v) is 15.6. The van der Waals surface area contributed by atoms with Gasteiger partial charge in [-0.15, -0.1) is 20.4 Å².